The highest BCUT2D eigenvalue weighted by molar-refractivity contribution is 5.73. The van der Waals surface area contributed by atoms with Gasteiger partial charge in [-0.2, -0.15) is 0 Å². The zero-order chi connectivity index (χ0) is 10.6. The van der Waals surface area contributed by atoms with E-state index in [0.717, 1.165) is 5.82 Å². The van der Waals surface area contributed by atoms with Crippen LogP contribution in [0.4, 0.5) is 0 Å². The van der Waals surface area contributed by atoms with E-state index in [1.807, 2.05) is 7.05 Å². The van der Waals surface area contributed by atoms with Crippen molar-refractivity contribution in [2.24, 2.45) is 0 Å². The van der Waals surface area contributed by atoms with Crippen LogP contribution in [-0.2, 0) is 16.1 Å². The molecular formula is C9H15N3O2. The van der Waals surface area contributed by atoms with Gasteiger partial charge in [0.1, 0.15) is 11.9 Å². The first kappa shape index (κ1) is 10.7. The summed E-state index contributed by atoms with van der Waals surface area (Å²) in [5, 5.41) is 2.99. The maximum Gasteiger partial charge on any atom is 0.328 e. The summed E-state index contributed by atoms with van der Waals surface area (Å²) in [4.78, 5) is 15.4. The second-order valence-corrected chi connectivity index (χ2v) is 2.98. The lowest BCUT2D eigenvalue weighted by Gasteiger charge is -2.13. The Morgan fingerprint density at radius 2 is 2.50 bits per heavy atom. The summed E-state index contributed by atoms with van der Waals surface area (Å²) in [5.41, 5.74) is 0. The summed E-state index contributed by atoms with van der Waals surface area (Å²) in [7, 11) is 3.22. The van der Waals surface area contributed by atoms with E-state index in [1.165, 1.54) is 7.11 Å². The molecule has 0 amide bonds. The summed E-state index contributed by atoms with van der Waals surface area (Å²) >= 11 is 0. The van der Waals surface area contributed by atoms with Gasteiger partial charge < -0.3 is 14.6 Å². The van der Waals surface area contributed by atoms with Gasteiger partial charge in [-0.05, 0) is 14.0 Å². The molecule has 1 aromatic rings. The molecule has 1 atom stereocenters. The van der Waals surface area contributed by atoms with Gasteiger partial charge in [0.2, 0.25) is 0 Å². The van der Waals surface area contributed by atoms with Crippen molar-refractivity contribution in [1.82, 2.24) is 14.9 Å². The topological polar surface area (TPSA) is 56.2 Å². The Balaban J connectivity index is 2.83. The second-order valence-electron chi connectivity index (χ2n) is 2.98. The zero-order valence-corrected chi connectivity index (χ0v) is 8.65. The van der Waals surface area contributed by atoms with E-state index in [1.54, 1.807) is 23.9 Å². The van der Waals surface area contributed by atoms with E-state index < -0.39 is 0 Å². The molecule has 1 N–H and O–H groups in total. The summed E-state index contributed by atoms with van der Waals surface area (Å²) < 4.78 is 6.45. The van der Waals surface area contributed by atoms with Crippen molar-refractivity contribution in [3.05, 3.63) is 18.2 Å². The van der Waals surface area contributed by atoms with Crippen molar-refractivity contribution in [2.75, 3.05) is 14.2 Å². The average molecular weight is 197 g/mol. The molecule has 0 saturated carbocycles. The highest BCUT2D eigenvalue weighted by Crippen LogP contribution is 2.10. The Bertz CT molecular complexity index is 309. The third-order valence-corrected chi connectivity index (χ3v) is 2.04. The highest BCUT2D eigenvalue weighted by atomic mass is 16.5. The van der Waals surface area contributed by atoms with E-state index in [0.29, 0.717) is 6.54 Å². The van der Waals surface area contributed by atoms with Crippen LogP contribution in [0.2, 0.25) is 0 Å². The van der Waals surface area contributed by atoms with Crippen LogP contribution in [0.1, 0.15) is 18.8 Å². The number of rotatable bonds is 4. The third-order valence-electron chi connectivity index (χ3n) is 2.04. The van der Waals surface area contributed by atoms with Crippen molar-refractivity contribution in [2.45, 2.75) is 19.5 Å². The van der Waals surface area contributed by atoms with Crippen molar-refractivity contribution in [3.63, 3.8) is 0 Å². The number of hydrogen-bond donors (Lipinski definition) is 1. The van der Waals surface area contributed by atoms with Crippen LogP contribution in [0.5, 0.6) is 0 Å². The van der Waals surface area contributed by atoms with Gasteiger partial charge >= 0.3 is 5.97 Å². The Kier molecular flexibility index (Phi) is 3.64. The molecule has 0 aliphatic heterocycles. The molecule has 1 unspecified atom stereocenters. The first-order valence-electron chi connectivity index (χ1n) is 4.44. The number of methoxy groups -OCH3 is 1. The molecule has 0 fully saturated rings. The third kappa shape index (κ3) is 2.11. The van der Waals surface area contributed by atoms with Gasteiger partial charge in [-0.15, -0.1) is 0 Å². The summed E-state index contributed by atoms with van der Waals surface area (Å²) in [6, 6.07) is -0.328. The van der Waals surface area contributed by atoms with E-state index in [4.69, 9.17) is 0 Å². The maximum absolute atomic E-state index is 11.3. The minimum absolute atomic E-state index is 0.264. The zero-order valence-electron chi connectivity index (χ0n) is 8.65. The molecule has 1 rings (SSSR count). The number of aromatic nitrogens is 2. The Morgan fingerprint density at radius 1 is 1.79 bits per heavy atom. The van der Waals surface area contributed by atoms with E-state index >= 15 is 0 Å². The van der Waals surface area contributed by atoms with Gasteiger partial charge in [0.25, 0.3) is 0 Å². The normalized spacial score (nSPS) is 12.5. The van der Waals surface area contributed by atoms with E-state index in [2.05, 4.69) is 15.0 Å². The molecule has 0 aliphatic rings. The maximum atomic E-state index is 11.3. The van der Waals surface area contributed by atoms with E-state index in [-0.39, 0.29) is 12.0 Å². The summed E-state index contributed by atoms with van der Waals surface area (Å²) in [6.07, 6.45) is 3.44. The standard InChI is InChI=1S/C9H15N3O2/c1-7(9(13)14-3)12-5-4-11-8(12)6-10-2/h4-5,7,10H,6H2,1-3H3. The van der Waals surface area contributed by atoms with Gasteiger partial charge in [-0.25, -0.2) is 9.78 Å². The van der Waals surface area contributed by atoms with Gasteiger partial charge in [0.15, 0.2) is 0 Å². The number of nitrogens with zero attached hydrogens (tertiary/aromatic N) is 2. The van der Waals surface area contributed by atoms with Crippen LogP contribution in [-0.4, -0.2) is 29.7 Å². The fourth-order valence-corrected chi connectivity index (χ4v) is 1.28. The minimum Gasteiger partial charge on any atom is -0.467 e. The van der Waals surface area contributed by atoms with Gasteiger partial charge in [0.05, 0.1) is 13.7 Å². The number of hydrogen-bond acceptors (Lipinski definition) is 4. The molecule has 5 heteroatoms. The van der Waals surface area contributed by atoms with Crippen molar-refractivity contribution in [1.29, 1.82) is 0 Å². The summed E-state index contributed by atoms with van der Waals surface area (Å²) in [6.45, 7) is 2.42. The van der Waals surface area contributed by atoms with Crippen molar-refractivity contribution in [3.8, 4) is 0 Å². The predicted octanol–water partition coefficient (Wildman–Crippen LogP) is 0.336. The molecule has 0 aliphatic carbocycles. The summed E-state index contributed by atoms with van der Waals surface area (Å²) in [5.74, 6) is 0.561. The SMILES string of the molecule is CNCc1nccn1C(C)C(=O)OC. The first-order chi connectivity index (χ1) is 6.70. The van der Waals surface area contributed by atoms with Crippen LogP contribution in [0.15, 0.2) is 12.4 Å². The highest BCUT2D eigenvalue weighted by Gasteiger charge is 2.17. The molecule has 1 aromatic heterocycles. The van der Waals surface area contributed by atoms with E-state index in [9.17, 15) is 4.79 Å². The number of imidazole rings is 1. The molecule has 78 valence electrons. The Hall–Kier alpha value is -1.36. The van der Waals surface area contributed by atoms with Crippen molar-refractivity contribution < 1.29 is 9.53 Å². The number of nitrogens with one attached hydrogen (secondary N) is 1. The van der Waals surface area contributed by atoms with Crippen LogP contribution >= 0.6 is 0 Å². The Labute approximate surface area is 83.1 Å². The molecule has 0 bridgehead atoms. The molecule has 14 heavy (non-hydrogen) atoms. The fourth-order valence-electron chi connectivity index (χ4n) is 1.28. The Morgan fingerprint density at radius 3 is 3.07 bits per heavy atom. The average Bonchev–Trinajstić information content (AvgIpc) is 2.64. The van der Waals surface area contributed by atoms with Crippen molar-refractivity contribution >= 4 is 5.97 Å². The van der Waals surface area contributed by atoms with Crippen LogP contribution in [0, 0.1) is 0 Å². The molecule has 0 aromatic carbocycles. The van der Waals surface area contributed by atoms with Gasteiger partial charge in [-0.3, -0.25) is 0 Å². The minimum atomic E-state index is -0.328. The molecule has 1 heterocycles. The lowest BCUT2D eigenvalue weighted by Crippen LogP contribution is -2.21. The quantitative estimate of drug-likeness (QED) is 0.707. The monoisotopic (exact) mass is 197 g/mol. The van der Waals surface area contributed by atoms with Gasteiger partial charge in [0, 0.05) is 12.4 Å². The lowest BCUT2D eigenvalue weighted by molar-refractivity contribution is -0.144. The predicted molar refractivity (Wildman–Crippen MR) is 51.7 cm³/mol. The first-order valence-corrected chi connectivity index (χ1v) is 4.44. The van der Waals surface area contributed by atoms with Crippen LogP contribution in [0.25, 0.3) is 0 Å². The molecule has 0 radical (unpaired) electrons. The largest absolute Gasteiger partial charge is 0.467 e. The molecular weight excluding hydrogens is 182 g/mol. The molecule has 0 spiro atoms. The van der Waals surface area contributed by atoms with Gasteiger partial charge in [-0.1, -0.05) is 0 Å². The number of ether oxygens (including phenoxy) is 1. The van der Waals surface area contributed by atoms with Crippen LogP contribution < -0.4 is 5.32 Å². The number of carbonyl (C=O) groups excluding carboxylic acids is 1. The number of esters is 1. The van der Waals surface area contributed by atoms with Crippen LogP contribution in [0.3, 0.4) is 0 Å². The number of carbonyl (C=O) groups is 1. The lowest BCUT2D eigenvalue weighted by atomic mass is 10.3. The smallest absolute Gasteiger partial charge is 0.328 e. The fraction of sp³-hybridized carbons (Fsp3) is 0.556. The second kappa shape index (κ2) is 4.76. The molecule has 5 nitrogen and oxygen atoms in total. The molecule has 0 saturated heterocycles.